The first kappa shape index (κ1) is 22.2. The van der Waals surface area contributed by atoms with Crippen LogP contribution in [-0.2, 0) is 9.53 Å². The minimum atomic E-state index is -0.414. The van der Waals surface area contributed by atoms with Gasteiger partial charge in [0.15, 0.2) is 0 Å². The molecule has 3 heterocycles. The summed E-state index contributed by atoms with van der Waals surface area (Å²) < 4.78 is 11.6. The SMILES string of the molecule is COC(=O)c1ccc([C@H]2CC(=O)Nc3c2c(C)nn3-c2nncc(-c3cccc(OC)c3)n2)cc1. The number of esters is 1. The topological polar surface area (TPSA) is 121 Å². The molecule has 10 heteroatoms. The molecule has 4 aromatic rings. The molecule has 1 aliphatic heterocycles. The summed E-state index contributed by atoms with van der Waals surface area (Å²) in [6.45, 7) is 1.88. The van der Waals surface area contributed by atoms with E-state index in [-0.39, 0.29) is 24.2 Å². The number of aryl methyl sites for hydroxylation is 1. The molecule has 0 saturated carbocycles. The molecular weight excluding hydrogens is 448 g/mol. The molecule has 2 aromatic carbocycles. The van der Waals surface area contributed by atoms with Gasteiger partial charge in [-0.1, -0.05) is 24.3 Å². The van der Waals surface area contributed by atoms with Crippen LogP contribution >= 0.6 is 0 Å². The second-order valence-corrected chi connectivity index (χ2v) is 8.05. The fourth-order valence-electron chi connectivity index (χ4n) is 4.25. The number of hydrogen-bond donors (Lipinski definition) is 1. The van der Waals surface area contributed by atoms with Crippen molar-refractivity contribution >= 4 is 17.7 Å². The van der Waals surface area contributed by atoms with E-state index >= 15 is 0 Å². The summed E-state index contributed by atoms with van der Waals surface area (Å²) >= 11 is 0. The van der Waals surface area contributed by atoms with Gasteiger partial charge in [-0.2, -0.15) is 14.9 Å². The number of nitrogens with one attached hydrogen (secondary N) is 1. The first-order valence-corrected chi connectivity index (χ1v) is 10.9. The lowest BCUT2D eigenvalue weighted by molar-refractivity contribution is -0.116. The molecule has 1 N–H and O–H groups in total. The van der Waals surface area contributed by atoms with E-state index in [4.69, 9.17) is 9.47 Å². The summed E-state index contributed by atoms with van der Waals surface area (Å²) in [6, 6.07) is 14.5. The van der Waals surface area contributed by atoms with Gasteiger partial charge >= 0.3 is 5.97 Å². The Balaban J connectivity index is 1.56. The second kappa shape index (κ2) is 8.98. The summed E-state index contributed by atoms with van der Waals surface area (Å²) in [5.74, 6) is 0.625. The van der Waals surface area contributed by atoms with Crippen LogP contribution in [0.5, 0.6) is 5.75 Å². The lowest BCUT2D eigenvalue weighted by atomic mass is 9.85. The number of rotatable bonds is 5. The molecule has 35 heavy (non-hydrogen) atoms. The van der Waals surface area contributed by atoms with Crippen molar-refractivity contribution in [3.63, 3.8) is 0 Å². The van der Waals surface area contributed by atoms with Gasteiger partial charge in [0.25, 0.3) is 5.95 Å². The van der Waals surface area contributed by atoms with Gasteiger partial charge in [0, 0.05) is 23.5 Å². The van der Waals surface area contributed by atoms with Crippen molar-refractivity contribution in [1.29, 1.82) is 0 Å². The molecular formula is C25H22N6O4. The van der Waals surface area contributed by atoms with Crippen LogP contribution in [0.2, 0.25) is 0 Å². The maximum atomic E-state index is 12.7. The molecule has 0 fully saturated rings. The third-order valence-corrected chi connectivity index (χ3v) is 5.94. The van der Waals surface area contributed by atoms with Gasteiger partial charge in [0.05, 0.1) is 37.4 Å². The van der Waals surface area contributed by atoms with Crippen molar-refractivity contribution < 1.29 is 19.1 Å². The summed E-state index contributed by atoms with van der Waals surface area (Å²) in [5.41, 5.74) is 4.33. The minimum Gasteiger partial charge on any atom is -0.497 e. The molecule has 1 aliphatic rings. The maximum absolute atomic E-state index is 12.7. The molecule has 0 aliphatic carbocycles. The highest BCUT2D eigenvalue weighted by Gasteiger charge is 2.33. The van der Waals surface area contributed by atoms with E-state index in [1.807, 2.05) is 43.3 Å². The Morgan fingerprint density at radius 3 is 2.69 bits per heavy atom. The van der Waals surface area contributed by atoms with E-state index in [0.717, 1.165) is 22.4 Å². The maximum Gasteiger partial charge on any atom is 0.337 e. The fraction of sp³-hybridized carbons (Fsp3) is 0.200. The van der Waals surface area contributed by atoms with E-state index in [1.165, 1.54) is 11.8 Å². The van der Waals surface area contributed by atoms with E-state index < -0.39 is 5.97 Å². The normalized spacial score (nSPS) is 14.7. The van der Waals surface area contributed by atoms with Crippen molar-refractivity contribution in [1.82, 2.24) is 25.0 Å². The molecule has 0 bridgehead atoms. The Bertz CT molecular complexity index is 1430. The Labute approximate surface area is 200 Å². The predicted molar refractivity (Wildman–Crippen MR) is 127 cm³/mol. The Hall–Kier alpha value is -4.60. The minimum absolute atomic E-state index is 0.155. The fourth-order valence-corrected chi connectivity index (χ4v) is 4.25. The molecule has 0 spiro atoms. The van der Waals surface area contributed by atoms with Gasteiger partial charge in [0.1, 0.15) is 11.6 Å². The van der Waals surface area contributed by atoms with Crippen molar-refractivity contribution in [2.45, 2.75) is 19.3 Å². The summed E-state index contributed by atoms with van der Waals surface area (Å²) in [5, 5.41) is 15.8. The average molecular weight is 470 g/mol. The highest BCUT2D eigenvalue weighted by Crippen LogP contribution is 2.40. The second-order valence-electron chi connectivity index (χ2n) is 8.05. The first-order chi connectivity index (χ1) is 17.0. The van der Waals surface area contributed by atoms with Crippen LogP contribution in [0.4, 0.5) is 5.82 Å². The van der Waals surface area contributed by atoms with Gasteiger partial charge in [-0.25, -0.2) is 9.78 Å². The zero-order valence-corrected chi connectivity index (χ0v) is 19.3. The van der Waals surface area contributed by atoms with Crippen LogP contribution in [0.15, 0.2) is 54.7 Å². The summed E-state index contributed by atoms with van der Waals surface area (Å²) in [6.07, 6.45) is 1.81. The largest absolute Gasteiger partial charge is 0.497 e. The number of hydrogen-bond acceptors (Lipinski definition) is 8. The number of nitrogens with zero attached hydrogens (tertiary/aromatic N) is 5. The number of carbonyl (C=O) groups excluding carboxylic acids is 2. The molecule has 0 saturated heterocycles. The van der Waals surface area contributed by atoms with Crippen molar-refractivity contribution in [2.24, 2.45) is 0 Å². The smallest absolute Gasteiger partial charge is 0.337 e. The standard InChI is InChI=1S/C25H22N6O4/c1-14-22-19(15-7-9-16(10-8-15)24(33)35-3)12-21(32)28-23(22)31(30-14)25-27-20(13-26-29-25)17-5-4-6-18(11-17)34-2/h4-11,13,19H,12H2,1-3H3,(H,28,32)/t19-/m1/s1. The van der Waals surface area contributed by atoms with Crippen LogP contribution in [-0.4, -0.2) is 51.1 Å². The zero-order valence-electron chi connectivity index (χ0n) is 19.3. The number of methoxy groups -OCH3 is 2. The van der Waals surface area contributed by atoms with Gasteiger partial charge in [0.2, 0.25) is 5.91 Å². The Morgan fingerprint density at radius 1 is 1.14 bits per heavy atom. The van der Waals surface area contributed by atoms with Crippen LogP contribution in [0.25, 0.3) is 17.2 Å². The van der Waals surface area contributed by atoms with Crippen LogP contribution in [0.3, 0.4) is 0 Å². The first-order valence-electron chi connectivity index (χ1n) is 10.9. The molecule has 0 radical (unpaired) electrons. The number of ether oxygens (including phenoxy) is 2. The Morgan fingerprint density at radius 2 is 1.94 bits per heavy atom. The van der Waals surface area contributed by atoms with Gasteiger partial charge in [-0.15, -0.1) is 5.10 Å². The number of anilines is 1. The summed E-state index contributed by atoms with van der Waals surface area (Å²) in [4.78, 5) is 29.1. The lowest BCUT2D eigenvalue weighted by Gasteiger charge is -2.24. The van der Waals surface area contributed by atoms with Crippen LogP contribution in [0.1, 0.15) is 39.5 Å². The summed E-state index contributed by atoms with van der Waals surface area (Å²) in [7, 11) is 2.94. The number of fused-ring (bicyclic) bond motifs is 1. The average Bonchev–Trinajstić information content (AvgIpc) is 3.23. The van der Waals surface area contributed by atoms with E-state index in [9.17, 15) is 9.59 Å². The van der Waals surface area contributed by atoms with Crippen molar-refractivity contribution in [2.75, 3.05) is 19.5 Å². The lowest BCUT2D eigenvalue weighted by Crippen LogP contribution is -2.25. The van der Waals surface area contributed by atoms with E-state index in [2.05, 4.69) is 25.6 Å². The molecule has 1 atom stereocenters. The molecule has 176 valence electrons. The monoisotopic (exact) mass is 470 g/mol. The van der Waals surface area contributed by atoms with E-state index in [0.29, 0.717) is 22.8 Å². The van der Waals surface area contributed by atoms with Crippen LogP contribution in [0, 0.1) is 6.92 Å². The third kappa shape index (κ3) is 4.10. The number of amides is 1. The molecule has 2 aromatic heterocycles. The van der Waals surface area contributed by atoms with Crippen LogP contribution < -0.4 is 10.1 Å². The van der Waals surface area contributed by atoms with E-state index in [1.54, 1.807) is 25.4 Å². The van der Waals surface area contributed by atoms with Crippen molar-refractivity contribution in [3.05, 3.63) is 77.1 Å². The Kier molecular flexibility index (Phi) is 5.69. The predicted octanol–water partition coefficient (Wildman–Crippen LogP) is 3.30. The van der Waals surface area contributed by atoms with Gasteiger partial charge < -0.3 is 14.8 Å². The number of benzene rings is 2. The number of carbonyl (C=O) groups is 2. The molecule has 5 rings (SSSR count). The number of aromatic nitrogens is 5. The van der Waals surface area contributed by atoms with Gasteiger partial charge in [-0.3, -0.25) is 4.79 Å². The molecule has 10 nitrogen and oxygen atoms in total. The third-order valence-electron chi connectivity index (χ3n) is 5.94. The molecule has 0 unspecified atom stereocenters. The quantitative estimate of drug-likeness (QED) is 0.441. The highest BCUT2D eigenvalue weighted by atomic mass is 16.5. The van der Waals surface area contributed by atoms with Gasteiger partial charge in [-0.05, 0) is 36.8 Å². The molecule has 1 amide bonds. The van der Waals surface area contributed by atoms with Crippen molar-refractivity contribution in [3.8, 4) is 23.0 Å². The zero-order chi connectivity index (χ0) is 24.5. The highest BCUT2D eigenvalue weighted by molar-refractivity contribution is 5.95.